The molecule has 3 aromatic rings. The third-order valence-corrected chi connectivity index (χ3v) is 3.93. The van der Waals surface area contributed by atoms with E-state index in [9.17, 15) is 4.79 Å². The second-order valence-electron chi connectivity index (χ2n) is 5.11. The van der Waals surface area contributed by atoms with E-state index in [4.69, 9.17) is 27.7 Å². The second-order valence-corrected chi connectivity index (χ2v) is 5.95. The normalized spacial score (nSPS) is 10.8. The Labute approximate surface area is 148 Å². The summed E-state index contributed by atoms with van der Waals surface area (Å²) in [4.78, 5) is 16.0. The van der Waals surface area contributed by atoms with Gasteiger partial charge in [0.05, 0.1) is 11.3 Å². The first kappa shape index (κ1) is 16.5. The predicted octanol–water partition coefficient (Wildman–Crippen LogP) is 3.67. The van der Waals surface area contributed by atoms with Crippen molar-refractivity contribution in [2.45, 2.75) is 13.0 Å². The maximum Gasteiger partial charge on any atom is 0.273 e. The van der Waals surface area contributed by atoms with Gasteiger partial charge in [0, 0.05) is 42.1 Å². The number of hydrogen-bond acceptors (Lipinski definition) is 4. The summed E-state index contributed by atoms with van der Waals surface area (Å²) in [6.45, 7) is 1.31. The van der Waals surface area contributed by atoms with E-state index in [1.807, 2.05) is 10.8 Å². The third-order valence-electron chi connectivity index (χ3n) is 3.38. The van der Waals surface area contributed by atoms with Gasteiger partial charge in [0.1, 0.15) is 0 Å². The highest BCUT2D eigenvalue weighted by Crippen LogP contribution is 2.30. The van der Waals surface area contributed by atoms with Crippen LogP contribution in [0.1, 0.15) is 16.9 Å². The molecule has 1 aromatic carbocycles. The van der Waals surface area contributed by atoms with Crippen molar-refractivity contribution >= 4 is 29.1 Å². The number of carbonyl (C=O) groups excluding carboxylic acids is 1. The topological polar surface area (TPSA) is 73.0 Å². The van der Waals surface area contributed by atoms with Gasteiger partial charge in [0.25, 0.3) is 5.91 Å². The lowest BCUT2D eigenvalue weighted by atomic mass is 10.1. The Bertz CT molecular complexity index is 830. The van der Waals surface area contributed by atoms with E-state index in [0.29, 0.717) is 27.9 Å². The first-order valence-electron chi connectivity index (χ1n) is 7.29. The summed E-state index contributed by atoms with van der Waals surface area (Å²) in [5.41, 5.74) is 0.839. The molecule has 0 aliphatic heterocycles. The number of aryl methyl sites for hydroxylation is 1. The minimum absolute atomic E-state index is 0.207. The summed E-state index contributed by atoms with van der Waals surface area (Å²) in [7, 11) is 0. The number of nitrogens with one attached hydrogen (secondary N) is 1. The monoisotopic (exact) mass is 364 g/mol. The Hall–Kier alpha value is -2.31. The molecule has 124 valence electrons. The molecule has 1 amide bonds. The van der Waals surface area contributed by atoms with Crippen molar-refractivity contribution in [1.82, 2.24) is 20.0 Å². The average molecular weight is 365 g/mol. The SMILES string of the molecule is O=C(NCCCn1ccnc1)c1cc(-c2ccc(Cl)cc2Cl)on1. The molecule has 1 N–H and O–H groups in total. The molecular weight excluding hydrogens is 351 g/mol. The summed E-state index contributed by atoms with van der Waals surface area (Å²) >= 11 is 12.0. The lowest BCUT2D eigenvalue weighted by Gasteiger charge is -2.03. The van der Waals surface area contributed by atoms with E-state index in [1.54, 1.807) is 36.8 Å². The predicted molar refractivity (Wildman–Crippen MR) is 91.1 cm³/mol. The fourth-order valence-electron chi connectivity index (χ4n) is 2.17. The number of nitrogens with zero attached hydrogens (tertiary/aromatic N) is 3. The second kappa shape index (κ2) is 7.51. The van der Waals surface area contributed by atoms with E-state index in [1.165, 1.54) is 0 Å². The molecule has 0 saturated carbocycles. The first-order valence-corrected chi connectivity index (χ1v) is 8.05. The minimum Gasteiger partial charge on any atom is -0.355 e. The van der Waals surface area contributed by atoms with E-state index in [2.05, 4.69) is 15.5 Å². The van der Waals surface area contributed by atoms with E-state index in [0.717, 1.165) is 13.0 Å². The van der Waals surface area contributed by atoms with Crippen molar-refractivity contribution in [3.05, 3.63) is 58.7 Å². The molecule has 8 heteroatoms. The van der Waals surface area contributed by atoms with Crippen LogP contribution in [-0.2, 0) is 6.54 Å². The smallest absolute Gasteiger partial charge is 0.273 e. The largest absolute Gasteiger partial charge is 0.355 e. The molecule has 0 fully saturated rings. The van der Waals surface area contributed by atoms with Gasteiger partial charge in [-0.15, -0.1) is 0 Å². The van der Waals surface area contributed by atoms with E-state index in [-0.39, 0.29) is 11.6 Å². The Kier molecular flexibility index (Phi) is 5.17. The molecule has 0 unspecified atom stereocenters. The highest BCUT2D eigenvalue weighted by molar-refractivity contribution is 6.36. The maximum atomic E-state index is 12.1. The molecule has 3 rings (SSSR count). The van der Waals surface area contributed by atoms with Crippen LogP contribution >= 0.6 is 23.2 Å². The quantitative estimate of drug-likeness (QED) is 0.677. The van der Waals surface area contributed by atoms with Gasteiger partial charge < -0.3 is 14.4 Å². The number of carbonyl (C=O) groups is 1. The number of hydrogen-bond donors (Lipinski definition) is 1. The lowest BCUT2D eigenvalue weighted by molar-refractivity contribution is 0.0944. The van der Waals surface area contributed by atoms with Gasteiger partial charge in [-0.3, -0.25) is 4.79 Å². The zero-order valence-corrected chi connectivity index (χ0v) is 14.1. The molecule has 24 heavy (non-hydrogen) atoms. The first-order chi connectivity index (χ1) is 11.6. The molecule has 0 radical (unpaired) electrons. The highest BCUT2D eigenvalue weighted by Gasteiger charge is 2.15. The zero-order chi connectivity index (χ0) is 16.9. The number of amides is 1. The minimum atomic E-state index is -0.291. The summed E-state index contributed by atoms with van der Waals surface area (Å²) < 4.78 is 7.15. The fraction of sp³-hybridized carbons (Fsp3) is 0.188. The number of rotatable bonds is 6. The van der Waals surface area contributed by atoms with Crippen molar-refractivity contribution in [2.75, 3.05) is 6.54 Å². The molecule has 2 heterocycles. The summed E-state index contributed by atoms with van der Waals surface area (Å²) in [6.07, 6.45) is 6.12. The molecule has 0 bridgehead atoms. The summed E-state index contributed by atoms with van der Waals surface area (Å²) in [6, 6.07) is 6.58. The molecule has 6 nitrogen and oxygen atoms in total. The summed E-state index contributed by atoms with van der Waals surface area (Å²) in [5, 5.41) is 7.55. The van der Waals surface area contributed by atoms with Crippen molar-refractivity contribution in [3.8, 4) is 11.3 Å². The van der Waals surface area contributed by atoms with Crippen molar-refractivity contribution in [1.29, 1.82) is 0 Å². The average Bonchev–Trinajstić information content (AvgIpc) is 3.23. The van der Waals surface area contributed by atoms with Gasteiger partial charge in [0.2, 0.25) is 0 Å². The lowest BCUT2D eigenvalue weighted by Crippen LogP contribution is -2.25. The molecule has 0 atom stereocenters. The standard InChI is InChI=1S/C16H14Cl2N4O2/c17-11-2-3-12(13(18)8-11)15-9-14(21-24-15)16(23)20-4-1-6-22-7-5-19-10-22/h2-3,5,7-10H,1,4,6H2,(H,20,23). The van der Waals surface area contributed by atoms with E-state index >= 15 is 0 Å². The van der Waals surface area contributed by atoms with Crippen LogP contribution in [0, 0.1) is 0 Å². The van der Waals surface area contributed by atoms with Gasteiger partial charge >= 0.3 is 0 Å². The Morgan fingerprint density at radius 3 is 2.92 bits per heavy atom. The van der Waals surface area contributed by atoms with Crippen LogP contribution in [0.5, 0.6) is 0 Å². The summed E-state index contributed by atoms with van der Waals surface area (Å²) in [5.74, 6) is 0.126. The van der Waals surface area contributed by atoms with Crippen LogP contribution in [0.3, 0.4) is 0 Å². The van der Waals surface area contributed by atoms with E-state index < -0.39 is 0 Å². The Morgan fingerprint density at radius 2 is 2.17 bits per heavy atom. The fourth-order valence-corrected chi connectivity index (χ4v) is 2.67. The molecule has 0 aliphatic carbocycles. The molecule has 0 aliphatic rings. The van der Waals surface area contributed by atoms with Crippen LogP contribution in [0.25, 0.3) is 11.3 Å². The van der Waals surface area contributed by atoms with Crippen LogP contribution in [-0.4, -0.2) is 27.2 Å². The number of benzene rings is 1. The van der Waals surface area contributed by atoms with Gasteiger partial charge in [-0.05, 0) is 24.6 Å². The van der Waals surface area contributed by atoms with Gasteiger partial charge in [-0.1, -0.05) is 28.4 Å². The molecule has 0 spiro atoms. The van der Waals surface area contributed by atoms with Crippen molar-refractivity contribution in [2.24, 2.45) is 0 Å². The number of aromatic nitrogens is 3. The van der Waals surface area contributed by atoms with Crippen molar-refractivity contribution in [3.63, 3.8) is 0 Å². The Morgan fingerprint density at radius 1 is 1.29 bits per heavy atom. The zero-order valence-electron chi connectivity index (χ0n) is 12.6. The molecular formula is C16H14Cl2N4O2. The molecule has 0 saturated heterocycles. The van der Waals surface area contributed by atoms with Gasteiger partial charge in [0.15, 0.2) is 11.5 Å². The molecule has 2 aromatic heterocycles. The van der Waals surface area contributed by atoms with Crippen LogP contribution in [0.15, 0.2) is 47.5 Å². The number of halogens is 2. The van der Waals surface area contributed by atoms with Gasteiger partial charge in [-0.25, -0.2) is 4.98 Å². The van der Waals surface area contributed by atoms with Crippen molar-refractivity contribution < 1.29 is 9.32 Å². The maximum absolute atomic E-state index is 12.1. The third kappa shape index (κ3) is 3.96. The highest BCUT2D eigenvalue weighted by atomic mass is 35.5. The van der Waals surface area contributed by atoms with Gasteiger partial charge in [-0.2, -0.15) is 0 Å². The Balaban J connectivity index is 1.57. The van der Waals surface area contributed by atoms with Crippen LogP contribution < -0.4 is 5.32 Å². The van der Waals surface area contributed by atoms with Crippen LogP contribution in [0.4, 0.5) is 0 Å². The van der Waals surface area contributed by atoms with Crippen LogP contribution in [0.2, 0.25) is 10.0 Å². The number of imidazole rings is 1.